The Hall–Kier alpha value is -2.90. The van der Waals surface area contributed by atoms with Gasteiger partial charge in [-0.15, -0.1) is 0 Å². The zero-order chi connectivity index (χ0) is 19.7. The number of fused-ring (bicyclic) bond motifs is 1. The van der Waals surface area contributed by atoms with Gasteiger partial charge < -0.3 is 4.90 Å². The minimum Gasteiger partial charge on any atom is -0.341 e. The highest BCUT2D eigenvalue weighted by Crippen LogP contribution is 2.28. The molecule has 0 N–H and O–H groups in total. The molecule has 1 amide bonds. The minimum absolute atomic E-state index is 0.0125. The Balaban J connectivity index is 1.38. The average Bonchev–Trinajstić information content (AvgIpc) is 3.08. The molecular weight excluding hydrogens is 364 g/mol. The Labute approximate surface area is 161 Å². The lowest BCUT2D eigenvalue weighted by atomic mass is 9.92. The monoisotopic (exact) mass is 385 g/mol. The summed E-state index contributed by atoms with van der Waals surface area (Å²) in [6, 6.07) is 7.22. The first kappa shape index (κ1) is 18.5. The van der Waals surface area contributed by atoms with E-state index in [4.69, 9.17) is 0 Å². The first-order valence-corrected chi connectivity index (χ1v) is 9.32. The Morgan fingerprint density at radius 2 is 2.04 bits per heavy atom. The van der Waals surface area contributed by atoms with Gasteiger partial charge in [0.25, 0.3) is 6.43 Å². The van der Waals surface area contributed by atoms with Crippen LogP contribution in [0, 0.1) is 6.92 Å². The van der Waals surface area contributed by atoms with Gasteiger partial charge in [-0.3, -0.25) is 19.4 Å². The summed E-state index contributed by atoms with van der Waals surface area (Å²) >= 11 is 0. The summed E-state index contributed by atoms with van der Waals surface area (Å²) in [5.41, 5.74) is 2.20. The van der Waals surface area contributed by atoms with Crippen LogP contribution in [-0.2, 0) is 11.3 Å². The quantitative estimate of drug-likeness (QED) is 0.690. The van der Waals surface area contributed by atoms with Gasteiger partial charge >= 0.3 is 0 Å². The van der Waals surface area contributed by atoms with E-state index >= 15 is 0 Å². The summed E-state index contributed by atoms with van der Waals surface area (Å²) in [7, 11) is 0. The largest absolute Gasteiger partial charge is 0.341 e. The van der Waals surface area contributed by atoms with Crippen molar-refractivity contribution in [3.8, 4) is 0 Å². The maximum Gasteiger partial charge on any atom is 0.282 e. The molecule has 146 valence electrons. The van der Waals surface area contributed by atoms with E-state index in [-0.39, 0.29) is 24.1 Å². The number of alkyl halides is 2. The summed E-state index contributed by atoms with van der Waals surface area (Å²) in [6.07, 6.45) is 2.62. The third kappa shape index (κ3) is 3.72. The Morgan fingerprint density at radius 3 is 2.75 bits per heavy atom. The van der Waals surface area contributed by atoms with Crippen LogP contribution in [-0.4, -0.2) is 43.6 Å². The van der Waals surface area contributed by atoms with Crippen LogP contribution in [0.1, 0.15) is 42.3 Å². The van der Waals surface area contributed by atoms with Crippen LogP contribution in [0.5, 0.6) is 0 Å². The second-order valence-corrected chi connectivity index (χ2v) is 7.13. The lowest BCUT2D eigenvalue weighted by molar-refractivity contribution is -0.133. The molecule has 0 radical (unpaired) electrons. The van der Waals surface area contributed by atoms with Crippen LogP contribution in [0.4, 0.5) is 8.78 Å². The van der Waals surface area contributed by atoms with E-state index in [2.05, 4.69) is 15.1 Å². The molecule has 0 spiro atoms. The molecule has 4 heterocycles. The number of hydrogen-bond donors (Lipinski definition) is 0. The van der Waals surface area contributed by atoms with E-state index in [0.29, 0.717) is 18.8 Å². The molecule has 0 unspecified atom stereocenters. The number of halogens is 2. The average molecular weight is 385 g/mol. The van der Waals surface area contributed by atoms with Crippen molar-refractivity contribution in [2.45, 2.75) is 38.7 Å². The molecule has 8 heteroatoms. The van der Waals surface area contributed by atoms with E-state index in [1.54, 1.807) is 18.0 Å². The number of rotatable bonds is 4. The topological polar surface area (TPSA) is 63.9 Å². The predicted octanol–water partition coefficient (Wildman–Crippen LogP) is 3.48. The van der Waals surface area contributed by atoms with Gasteiger partial charge in [-0.05, 0) is 44.0 Å². The maximum atomic E-state index is 12.8. The molecular formula is C20H21F2N5O. The van der Waals surface area contributed by atoms with Gasteiger partial charge in [0.1, 0.15) is 12.2 Å². The number of likely N-dealkylation sites (tertiary alicyclic amines) is 1. The van der Waals surface area contributed by atoms with Crippen LogP contribution in [0.15, 0.2) is 36.7 Å². The Kier molecular flexibility index (Phi) is 5.02. The standard InChI is InChI=1S/C20H21F2N5O/c1-13-9-18(20(21)22)25-27(13)12-19(28)26-7-4-14(5-8-26)16-10-17-15(11-24-16)3-2-6-23-17/h2-3,6,9-11,14,20H,4-5,7-8,12H2,1H3. The molecule has 4 rings (SSSR count). The first-order valence-electron chi connectivity index (χ1n) is 9.32. The summed E-state index contributed by atoms with van der Waals surface area (Å²) in [4.78, 5) is 23.3. The molecule has 3 aromatic rings. The van der Waals surface area contributed by atoms with E-state index < -0.39 is 6.43 Å². The van der Waals surface area contributed by atoms with Crippen LogP contribution < -0.4 is 0 Å². The fourth-order valence-electron chi connectivity index (χ4n) is 3.66. The third-order valence-electron chi connectivity index (χ3n) is 5.28. The molecule has 1 saturated heterocycles. The lowest BCUT2D eigenvalue weighted by Gasteiger charge is -2.32. The van der Waals surface area contributed by atoms with E-state index in [0.717, 1.165) is 29.4 Å². The van der Waals surface area contributed by atoms with Crippen LogP contribution in [0.25, 0.3) is 10.9 Å². The number of hydrogen-bond acceptors (Lipinski definition) is 4. The fourth-order valence-corrected chi connectivity index (χ4v) is 3.66. The highest BCUT2D eigenvalue weighted by atomic mass is 19.3. The smallest absolute Gasteiger partial charge is 0.282 e. The Morgan fingerprint density at radius 1 is 1.25 bits per heavy atom. The molecule has 1 aliphatic heterocycles. The van der Waals surface area contributed by atoms with Gasteiger partial charge in [-0.25, -0.2) is 8.78 Å². The van der Waals surface area contributed by atoms with E-state index in [1.807, 2.05) is 24.4 Å². The van der Waals surface area contributed by atoms with Crippen LogP contribution >= 0.6 is 0 Å². The number of aryl methyl sites for hydroxylation is 1. The molecule has 3 aromatic heterocycles. The van der Waals surface area contributed by atoms with Crippen molar-refractivity contribution >= 4 is 16.8 Å². The van der Waals surface area contributed by atoms with Crippen molar-refractivity contribution in [2.24, 2.45) is 0 Å². The van der Waals surface area contributed by atoms with Gasteiger partial charge in [-0.2, -0.15) is 5.10 Å². The highest BCUT2D eigenvalue weighted by Gasteiger charge is 2.25. The molecule has 28 heavy (non-hydrogen) atoms. The fraction of sp³-hybridized carbons (Fsp3) is 0.400. The van der Waals surface area contributed by atoms with Gasteiger partial charge in [0, 0.05) is 48.2 Å². The number of carbonyl (C=O) groups is 1. The first-order chi connectivity index (χ1) is 13.5. The van der Waals surface area contributed by atoms with Gasteiger partial charge in [0.2, 0.25) is 5.91 Å². The van der Waals surface area contributed by atoms with Gasteiger partial charge in [-0.1, -0.05) is 0 Å². The summed E-state index contributed by atoms with van der Waals surface area (Å²) < 4.78 is 26.9. The number of piperidine rings is 1. The second kappa shape index (κ2) is 7.61. The van der Waals surface area contributed by atoms with Crippen molar-refractivity contribution in [1.82, 2.24) is 24.6 Å². The highest BCUT2D eigenvalue weighted by molar-refractivity contribution is 5.77. The molecule has 1 fully saturated rings. The molecule has 0 aliphatic carbocycles. The molecule has 1 aliphatic rings. The number of amides is 1. The molecule has 0 atom stereocenters. The summed E-state index contributed by atoms with van der Waals surface area (Å²) in [6.45, 7) is 2.90. The van der Waals surface area contributed by atoms with Crippen molar-refractivity contribution in [2.75, 3.05) is 13.1 Å². The summed E-state index contributed by atoms with van der Waals surface area (Å²) in [5, 5.41) is 4.85. The number of nitrogens with zero attached hydrogens (tertiary/aromatic N) is 5. The minimum atomic E-state index is -2.63. The van der Waals surface area contributed by atoms with E-state index in [1.165, 1.54) is 10.7 Å². The van der Waals surface area contributed by atoms with Gasteiger partial charge in [0.05, 0.1) is 5.52 Å². The lowest BCUT2D eigenvalue weighted by Crippen LogP contribution is -2.40. The normalized spacial score (nSPS) is 15.5. The van der Waals surface area contributed by atoms with Gasteiger partial charge in [0.15, 0.2) is 0 Å². The molecule has 0 bridgehead atoms. The third-order valence-corrected chi connectivity index (χ3v) is 5.28. The second-order valence-electron chi connectivity index (χ2n) is 7.13. The van der Waals surface area contributed by atoms with Crippen molar-refractivity contribution in [1.29, 1.82) is 0 Å². The van der Waals surface area contributed by atoms with Crippen molar-refractivity contribution in [3.05, 3.63) is 53.7 Å². The maximum absolute atomic E-state index is 12.8. The predicted molar refractivity (Wildman–Crippen MR) is 100 cm³/mol. The van der Waals surface area contributed by atoms with E-state index in [9.17, 15) is 13.6 Å². The molecule has 6 nitrogen and oxygen atoms in total. The Bertz CT molecular complexity index is 995. The SMILES string of the molecule is Cc1cc(C(F)F)nn1CC(=O)N1CCC(c2cc3ncccc3cn2)CC1. The number of carbonyl (C=O) groups excluding carboxylic acids is 1. The van der Waals surface area contributed by atoms with Crippen molar-refractivity contribution in [3.63, 3.8) is 0 Å². The van der Waals surface area contributed by atoms with Crippen molar-refractivity contribution < 1.29 is 13.6 Å². The zero-order valence-electron chi connectivity index (χ0n) is 15.6. The molecule has 0 saturated carbocycles. The number of aromatic nitrogens is 4. The number of pyridine rings is 2. The molecule has 0 aromatic carbocycles. The zero-order valence-corrected chi connectivity index (χ0v) is 15.6. The van der Waals surface area contributed by atoms with Crippen LogP contribution in [0.2, 0.25) is 0 Å². The van der Waals surface area contributed by atoms with Crippen LogP contribution in [0.3, 0.4) is 0 Å². The summed E-state index contributed by atoms with van der Waals surface area (Å²) in [5.74, 6) is 0.186.